The van der Waals surface area contributed by atoms with Crippen molar-refractivity contribution in [1.82, 2.24) is 5.32 Å². The monoisotopic (exact) mass is 377 g/mol. The Hall–Kier alpha value is -2.45. The van der Waals surface area contributed by atoms with E-state index in [-0.39, 0.29) is 11.0 Å². The van der Waals surface area contributed by atoms with Crippen LogP contribution in [-0.4, -0.2) is 23.5 Å². The molecule has 4 N–H and O–H groups in total. The van der Waals surface area contributed by atoms with Gasteiger partial charge < -0.3 is 15.8 Å². The Morgan fingerprint density at radius 1 is 1.24 bits per heavy atom. The summed E-state index contributed by atoms with van der Waals surface area (Å²) in [5, 5.41) is 6.09. The van der Waals surface area contributed by atoms with Gasteiger partial charge in [-0.05, 0) is 62.8 Å². The van der Waals surface area contributed by atoms with E-state index in [1.165, 1.54) is 11.3 Å². The molecule has 0 saturated heterocycles. The highest BCUT2D eigenvalue weighted by Crippen LogP contribution is 2.31. The molecule has 0 fully saturated rings. The molecule has 0 bridgehead atoms. The third-order valence-electron chi connectivity index (χ3n) is 3.51. The van der Waals surface area contributed by atoms with Gasteiger partial charge in [0.1, 0.15) is 10.8 Å². The van der Waals surface area contributed by atoms with Crippen molar-refractivity contribution < 1.29 is 14.3 Å². The zero-order chi connectivity index (χ0) is 18.6. The average molecular weight is 377 g/mol. The predicted octanol–water partition coefficient (Wildman–Crippen LogP) is 2.99. The molecule has 2 rings (SSSR count). The van der Waals surface area contributed by atoms with Crippen LogP contribution >= 0.6 is 23.6 Å². The third-order valence-corrected chi connectivity index (χ3v) is 4.84. The fraction of sp³-hybridized carbons (Fsp3) is 0.235. The van der Waals surface area contributed by atoms with Gasteiger partial charge in [0.15, 0.2) is 5.11 Å². The number of benzene rings is 1. The molecule has 1 aromatic heterocycles. The zero-order valence-electron chi connectivity index (χ0n) is 14.1. The highest BCUT2D eigenvalue weighted by atomic mass is 32.1. The first-order chi connectivity index (χ1) is 11.8. The summed E-state index contributed by atoms with van der Waals surface area (Å²) in [6.45, 7) is 6.15. The first kappa shape index (κ1) is 18.9. The van der Waals surface area contributed by atoms with Gasteiger partial charge in [0.05, 0.1) is 12.2 Å². The second-order valence-corrected chi connectivity index (χ2v) is 6.85. The van der Waals surface area contributed by atoms with Gasteiger partial charge >= 0.3 is 0 Å². The van der Waals surface area contributed by atoms with Crippen LogP contribution in [0.5, 0.6) is 5.75 Å². The van der Waals surface area contributed by atoms with Crippen LogP contribution in [0.1, 0.15) is 38.1 Å². The van der Waals surface area contributed by atoms with E-state index in [0.29, 0.717) is 28.5 Å². The van der Waals surface area contributed by atoms with Gasteiger partial charge in [0.2, 0.25) is 0 Å². The molecule has 132 valence electrons. The van der Waals surface area contributed by atoms with Gasteiger partial charge in [-0.2, -0.15) is 0 Å². The molecule has 0 aliphatic heterocycles. The number of nitrogens with two attached hydrogens (primary N) is 1. The van der Waals surface area contributed by atoms with Crippen LogP contribution in [0.25, 0.3) is 0 Å². The van der Waals surface area contributed by atoms with Crippen molar-refractivity contribution in [3.8, 4) is 5.75 Å². The lowest BCUT2D eigenvalue weighted by Crippen LogP contribution is -2.34. The average Bonchev–Trinajstić information content (AvgIpc) is 2.82. The lowest BCUT2D eigenvalue weighted by Gasteiger charge is -2.10. The minimum Gasteiger partial charge on any atom is -0.494 e. The van der Waals surface area contributed by atoms with Crippen LogP contribution in [0.3, 0.4) is 0 Å². The van der Waals surface area contributed by atoms with Crippen molar-refractivity contribution in [3.05, 3.63) is 45.8 Å². The maximum absolute atomic E-state index is 12.2. The molecule has 1 heterocycles. The van der Waals surface area contributed by atoms with Crippen molar-refractivity contribution >= 4 is 45.5 Å². The third kappa shape index (κ3) is 4.55. The van der Waals surface area contributed by atoms with Crippen LogP contribution in [-0.2, 0) is 0 Å². The van der Waals surface area contributed by atoms with E-state index in [1.807, 2.05) is 20.8 Å². The lowest BCUT2D eigenvalue weighted by atomic mass is 10.1. The molecule has 2 aromatic rings. The van der Waals surface area contributed by atoms with Crippen molar-refractivity contribution in [2.24, 2.45) is 5.73 Å². The molecule has 2 amide bonds. The first-order valence-corrected chi connectivity index (χ1v) is 8.81. The standard InChI is InChI=1S/C17H19N3O3S2/c1-4-23-12-7-5-11(6-8-12)15(22)19-17(24)20-16-13(14(18)21)9(2)10(3)25-16/h5-8H,4H2,1-3H3,(H2,18,21)(H2,19,20,22,24). The lowest BCUT2D eigenvalue weighted by molar-refractivity contribution is 0.0975. The van der Waals surface area contributed by atoms with Crippen molar-refractivity contribution in [2.75, 3.05) is 11.9 Å². The highest BCUT2D eigenvalue weighted by Gasteiger charge is 2.18. The van der Waals surface area contributed by atoms with Crippen molar-refractivity contribution in [1.29, 1.82) is 0 Å². The fourth-order valence-corrected chi connectivity index (χ4v) is 3.52. The number of ether oxygens (including phenoxy) is 1. The van der Waals surface area contributed by atoms with Crippen LogP contribution < -0.4 is 21.1 Å². The quantitative estimate of drug-likeness (QED) is 0.697. The first-order valence-electron chi connectivity index (χ1n) is 7.58. The van der Waals surface area contributed by atoms with Crippen LogP contribution in [0.2, 0.25) is 0 Å². The second kappa shape index (κ2) is 8.09. The summed E-state index contributed by atoms with van der Waals surface area (Å²) in [6, 6.07) is 6.73. The van der Waals surface area contributed by atoms with Gasteiger partial charge in [0.25, 0.3) is 11.8 Å². The molecule has 0 aliphatic rings. The SMILES string of the molecule is CCOc1ccc(C(=O)NC(=S)Nc2sc(C)c(C)c2C(N)=O)cc1. The maximum Gasteiger partial charge on any atom is 0.257 e. The van der Waals surface area contributed by atoms with Gasteiger partial charge in [0, 0.05) is 10.4 Å². The largest absolute Gasteiger partial charge is 0.494 e. The van der Waals surface area contributed by atoms with E-state index < -0.39 is 5.91 Å². The van der Waals surface area contributed by atoms with Crippen LogP contribution in [0, 0.1) is 13.8 Å². The number of carbonyl (C=O) groups is 2. The number of primary amides is 1. The maximum atomic E-state index is 12.2. The molecule has 0 saturated carbocycles. The number of rotatable bonds is 5. The highest BCUT2D eigenvalue weighted by molar-refractivity contribution is 7.80. The molecule has 8 heteroatoms. The van der Waals surface area contributed by atoms with E-state index in [1.54, 1.807) is 24.3 Å². The number of nitrogens with one attached hydrogen (secondary N) is 2. The number of anilines is 1. The second-order valence-electron chi connectivity index (χ2n) is 5.22. The summed E-state index contributed by atoms with van der Waals surface area (Å²) in [7, 11) is 0. The Morgan fingerprint density at radius 3 is 2.44 bits per heavy atom. The molecule has 0 aliphatic carbocycles. The number of amides is 2. The molecule has 0 radical (unpaired) electrons. The van der Waals surface area contributed by atoms with Gasteiger partial charge in [-0.25, -0.2) is 0 Å². The van der Waals surface area contributed by atoms with Gasteiger partial charge in [-0.15, -0.1) is 11.3 Å². The molecular weight excluding hydrogens is 358 g/mol. The van der Waals surface area contributed by atoms with E-state index >= 15 is 0 Å². The molecular formula is C17H19N3O3S2. The minimum absolute atomic E-state index is 0.0997. The Bertz CT molecular complexity index is 813. The van der Waals surface area contributed by atoms with Crippen LogP contribution in [0.4, 0.5) is 5.00 Å². The summed E-state index contributed by atoms with van der Waals surface area (Å²) in [5.41, 5.74) is 7.06. The van der Waals surface area contributed by atoms with E-state index in [4.69, 9.17) is 22.7 Å². The summed E-state index contributed by atoms with van der Waals surface area (Å²) in [4.78, 5) is 24.8. The number of thiocarbonyl (C=S) groups is 1. The Labute approximate surface area is 155 Å². The van der Waals surface area contributed by atoms with E-state index in [2.05, 4.69) is 10.6 Å². The Morgan fingerprint density at radius 2 is 1.88 bits per heavy atom. The minimum atomic E-state index is -0.537. The van der Waals surface area contributed by atoms with Gasteiger partial charge in [-0.3, -0.25) is 14.9 Å². The van der Waals surface area contributed by atoms with E-state index in [0.717, 1.165) is 10.4 Å². The number of thiophene rings is 1. The van der Waals surface area contributed by atoms with Crippen LogP contribution in [0.15, 0.2) is 24.3 Å². The topological polar surface area (TPSA) is 93.4 Å². The summed E-state index contributed by atoms with van der Waals surface area (Å²) >= 11 is 6.53. The van der Waals surface area contributed by atoms with Gasteiger partial charge in [-0.1, -0.05) is 0 Å². The van der Waals surface area contributed by atoms with E-state index in [9.17, 15) is 9.59 Å². The molecule has 0 atom stereocenters. The summed E-state index contributed by atoms with van der Waals surface area (Å²) in [6.07, 6.45) is 0. The Balaban J connectivity index is 2.06. The molecule has 0 spiro atoms. The number of aryl methyl sites for hydroxylation is 1. The molecule has 6 nitrogen and oxygen atoms in total. The van der Waals surface area contributed by atoms with Crippen molar-refractivity contribution in [3.63, 3.8) is 0 Å². The fourth-order valence-electron chi connectivity index (χ4n) is 2.19. The zero-order valence-corrected chi connectivity index (χ0v) is 15.8. The number of hydrogen-bond acceptors (Lipinski definition) is 5. The predicted molar refractivity (Wildman–Crippen MR) is 104 cm³/mol. The molecule has 1 aromatic carbocycles. The molecule has 0 unspecified atom stereocenters. The smallest absolute Gasteiger partial charge is 0.257 e. The number of hydrogen-bond donors (Lipinski definition) is 3. The Kier molecular flexibility index (Phi) is 6.11. The molecule has 25 heavy (non-hydrogen) atoms. The summed E-state index contributed by atoms with van der Waals surface area (Å²) < 4.78 is 5.34. The summed E-state index contributed by atoms with van der Waals surface area (Å²) in [5.74, 6) is -0.202. The van der Waals surface area contributed by atoms with Crippen molar-refractivity contribution in [2.45, 2.75) is 20.8 Å². The normalized spacial score (nSPS) is 10.2. The number of carbonyl (C=O) groups excluding carboxylic acids is 2.